The minimum absolute atomic E-state index is 0.0156. The summed E-state index contributed by atoms with van der Waals surface area (Å²) in [6.07, 6.45) is 1.38. The van der Waals surface area contributed by atoms with Gasteiger partial charge in [0.15, 0.2) is 5.92 Å². The van der Waals surface area contributed by atoms with Crippen molar-refractivity contribution in [1.82, 2.24) is 10.2 Å². The van der Waals surface area contributed by atoms with Gasteiger partial charge in [0, 0.05) is 17.9 Å². The van der Waals surface area contributed by atoms with Gasteiger partial charge in [-0.1, -0.05) is 12.7 Å². The monoisotopic (exact) mass is 303 g/mol. The molecule has 6 nitrogen and oxygen atoms in total. The lowest BCUT2D eigenvalue weighted by Crippen LogP contribution is -2.58. The molecule has 22 heavy (non-hydrogen) atoms. The first-order chi connectivity index (χ1) is 10.4. The van der Waals surface area contributed by atoms with Crippen molar-refractivity contribution >= 4 is 23.5 Å². The standard InChI is InChI=1S/C15H14FN3O3/c1-3-8-19-14(21)12(13(20)18-15(19)22)9(2)17-11-6-4-10(16)5-7-11/h3-7,12,17H,1-2,8H2,(H,18,20,22)/t12-/m0/s1. The average molecular weight is 303 g/mol. The van der Waals surface area contributed by atoms with Crippen LogP contribution in [0.4, 0.5) is 14.9 Å². The molecule has 1 fully saturated rings. The summed E-state index contributed by atoms with van der Waals surface area (Å²) in [4.78, 5) is 36.6. The van der Waals surface area contributed by atoms with Crippen LogP contribution >= 0.6 is 0 Å². The molecule has 0 unspecified atom stereocenters. The van der Waals surface area contributed by atoms with Gasteiger partial charge >= 0.3 is 6.03 Å². The number of nitrogens with zero attached hydrogens (tertiary/aromatic N) is 1. The highest BCUT2D eigenvalue weighted by Crippen LogP contribution is 2.20. The maximum absolute atomic E-state index is 12.9. The maximum atomic E-state index is 12.9. The Labute approximate surface area is 126 Å². The molecular weight excluding hydrogens is 289 g/mol. The first-order valence-corrected chi connectivity index (χ1v) is 6.42. The second kappa shape index (κ2) is 6.21. The minimum Gasteiger partial charge on any atom is -0.358 e. The zero-order valence-corrected chi connectivity index (χ0v) is 11.6. The molecule has 2 N–H and O–H groups in total. The van der Waals surface area contributed by atoms with Crippen LogP contribution in [0.15, 0.2) is 49.2 Å². The molecular formula is C15H14FN3O3. The van der Waals surface area contributed by atoms with Crippen molar-refractivity contribution in [1.29, 1.82) is 0 Å². The Balaban J connectivity index is 2.18. The lowest BCUT2D eigenvalue weighted by atomic mass is 10.0. The van der Waals surface area contributed by atoms with Crippen molar-refractivity contribution in [3.8, 4) is 0 Å². The van der Waals surface area contributed by atoms with Crippen molar-refractivity contribution in [2.45, 2.75) is 0 Å². The van der Waals surface area contributed by atoms with E-state index in [2.05, 4.69) is 23.8 Å². The van der Waals surface area contributed by atoms with Crippen LogP contribution in [0, 0.1) is 11.7 Å². The lowest BCUT2D eigenvalue weighted by Gasteiger charge is -2.30. The van der Waals surface area contributed by atoms with Crippen LogP contribution in [0.5, 0.6) is 0 Å². The topological polar surface area (TPSA) is 78.5 Å². The van der Waals surface area contributed by atoms with E-state index in [9.17, 15) is 18.8 Å². The summed E-state index contributed by atoms with van der Waals surface area (Å²) < 4.78 is 12.9. The number of nitrogens with one attached hydrogen (secondary N) is 2. The number of benzene rings is 1. The van der Waals surface area contributed by atoms with Crippen molar-refractivity contribution < 1.29 is 18.8 Å². The lowest BCUT2D eigenvalue weighted by molar-refractivity contribution is -0.140. The van der Waals surface area contributed by atoms with Crippen LogP contribution in [0.2, 0.25) is 0 Å². The smallest absolute Gasteiger partial charge is 0.331 e. The Kier molecular flexibility index (Phi) is 4.36. The van der Waals surface area contributed by atoms with Crippen LogP contribution in [0.1, 0.15) is 0 Å². The number of hydrogen-bond acceptors (Lipinski definition) is 4. The van der Waals surface area contributed by atoms with Gasteiger partial charge in [0.1, 0.15) is 5.82 Å². The van der Waals surface area contributed by atoms with Crippen LogP contribution in [0.25, 0.3) is 0 Å². The highest BCUT2D eigenvalue weighted by atomic mass is 19.1. The molecule has 0 radical (unpaired) electrons. The van der Waals surface area contributed by atoms with E-state index in [4.69, 9.17) is 0 Å². The number of anilines is 1. The number of hydrogen-bond donors (Lipinski definition) is 2. The Morgan fingerprint density at radius 3 is 2.55 bits per heavy atom. The highest BCUT2D eigenvalue weighted by Gasteiger charge is 2.41. The molecule has 0 bridgehead atoms. The number of imide groups is 2. The number of carbonyl (C=O) groups excluding carboxylic acids is 3. The molecule has 1 aromatic carbocycles. The van der Waals surface area contributed by atoms with Gasteiger partial charge in [-0.05, 0) is 24.3 Å². The molecule has 0 saturated carbocycles. The van der Waals surface area contributed by atoms with Gasteiger partial charge in [0.25, 0.3) is 0 Å². The predicted octanol–water partition coefficient (Wildman–Crippen LogP) is 1.63. The minimum atomic E-state index is -1.25. The molecule has 1 aliphatic rings. The molecule has 4 amide bonds. The molecule has 0 aliphatic carbocycles. The number of carbonyl (C=O) groups is 3. The van der Waals surface area contributed by atoms with E-state index in [-0.39, 0.29) is 12.2 Å². The van der Waals surface area contributed by atoms with Gasteiger partial charge in [-0.3, -0.25) is 19.8 Å². The van der Waals surface area contributed by atoms with E-state index < -0.39 is 29.6 Å². The Bertz CT molecular complexity index is 655. The largest absolute Gasteiger partial charge is 0.358 e. The third kappa shape index (κ3) is 3.03. The molecule has 114 valence electrons. The number of rotatable bonds is 5. The van der Waals surface area contributed by atoms with E-state index in [1.807, 2.05) is 0 Å². The van der Waals surface area contributed by atoms with Crippen LogP contribution in [0.3, 0.4) is 0 Å². The van der Waals surface area contributed by atoms with Gasteiger partial charge in [-0.15, -0.1) is 6.58 Å². The predicted molar refractivity (Wildman–Crippen MR) is 78.1 cm³/mol. The van der Waals surface area contributed by atoms with Crippen LogP contribution < -0.4 is 10.6 Å². The van der Waals surface area contributed by atoms with Gasteiger partial charge in [0.05, 0.1) is 0 Å². The van der Waals surface area contributed by atoms with E-state index in [1.165, 1.54) is 30.3 Å². The highest BCUT2D eigenvalue weighted by molar-refractivity contribution is 6.18. The second-order valence-electron chi connectivity index (χ2n) is 4.62. The summed E-state index contributed by atoms with van der Waals surface area (Å²) in [6.45, 7) is 7.11. The summed E-state index contributed by atoms with van der Waals surface area (Å²) >= 11 is 0. The van der Waals surface area contributed by atoms with E-state index in [1.54, 1.807) is 0 Å². The van der Waals surface area contributed by atoms with E-state index in [0.29, 0.717) is 5.69 Å². The first kappa shape index (κ1) is 15.4. The van der Waals surface area contributed by atoms with Crippen LogP contribution in [-0.4, -0.2) is 29.3 Å². The van der Waals surface area contributed by atoms with E-state index >= 15 is 0 Å². The normalized spacial score (nSPS) is 18.0. The Hall–Kier alpha value is -2.96. The number of urea groups is 1. The van der Waals surface area contributed by atoms with Gasteiger partial charge < -0.3 is 5.32 Å². The van der Waals surface area contributed by atoms with Crippen LogP contribution in [-0.2, 0) is 9.59 Å². The fraction of sp³-hybridized carbons (Fsp3) is 0.133. The summed E-state index contributed by atoms with van der Waals surface area (Å²) in [7, 11) is 0. The van der Waals surface area contributed by atoms with Gasteiger partial charge in [-0.2, -0.15) is 0 Å². The molecule has 1 saturated heterocycles. The third-order valence-electron chi connectivity index (χ3n) is 3.06. The van der Waals surface area contributed by atoms with E-state index in [0.717, 1.165) is 4.90 Å². The Morgan fingerprint density at radius 2 is 1.95 bits per heavy atom. The first-order valence-electron chi connectivity index (χ1n) is 6.42. The number of amides is 4. The molecule has 1 aromatic rings. The SMILES string of the molecule is C=CCN1C(=O)NC(=O)[C@H](C(=C)Nc2ccc(F)cc2)C1=O. The number of barbiturate groups is 1. The maximum Gasteiger partial charge on any atom is 0.331 e. The fourth-order valence-corrected chi connectivity index (χ4v) is 2.01. The Morgan fingerprint density at radius 1 is 1.32 bits per heavy atom. The summed E-state index contributed by atoms with van der Waals surface area (Å²) in [5, 5.41) is 4.86. The third-order valence-corrected chi connectivity index (χ3v) is 3.06. The van der Waals surface area contributed by atoms with Crippen molar-refractivity contribution in [2.75, 3.05) is 11.9 Å². The number of halogens is 1. The zero-order valence-electron chi connectivity index (χ0n) is 11.6. The van der Waals surface area contributed by atoms with Crippen molar-refractivity contribution in [3.05, 3.63) is 55.0 Å². The summed E-state index contributed by atoms with van der Waals surface area (Å²) in [5.74, 6) is -3.10. The van der Waals surface area contributed by atoms with Crippen molar-refractivity contribution in [2.24, 2.45) is 5.92 Å². The molecule has 0 aromatic heterocycles. The summed E-state index contributed by atoms with van der Waals surface area (Å²) in [6, 6.07) is 4.55. The van der Waals surface area contributed by atoms with Gasteiger partial charge in [0.2, 0.25) is 11.8 Å². The van der Waals surface area contributed by atoms with Crippen molar-refractivity contribution in [3.63, 3.8) is 0 Å². The molecule has 2 rings (SSSR count). The molecule has 1 heterocycles. The average Bonchev–Trinajstić information content (AvgIpc) is 2.45. The van der Waals surface area contributed by atoms with Gasteiger partial charge in [-0.25, -0.2) is 9.18 Å². The molecule has 1 atom stereocenters. The second-order valence-corrected chi connectivity index (χ2v) is 4.62. The summed E-state index contributed by atoms with van der Waals surface area (Å²) in [5.41, 5.74) is 0.565. The molecule has 1 aliphatic heterocycles. The molecule has 0 spiro atoms. The fourth-order valence-electron chi connectivity index (χ4n) is 2.01. The molecule has 7 heteroatoms. The quantitative estimate of drug-likeness (QED) is 0.640. The zero-order chi connectivity index (χ0) is 16.3.